The molecule has 142 valence electrons. The SMILES string of the molecule is COc1cccc(/C=C2\CCc3c2oc2cc(OCC(=O)O)ccc2c3=O)c1. The second-order valence-electron chi connectivity index (χ2n) is 6.53. The van der Waals surface area contributed by atoms with Crippen molar-refractivity contribution in [3.05, 3.63) is 69.6 Å². The molecule has 0 spiro atoms. The van der Waals surface area contributed by atoms with E-state index in [1.165, 1.54) is 0 Å². The van der Waals surface area contributed by atoms with Crippen molar-refractivity contribution in [2.75, 3.05) is 13.7 Å². The highest BCUT2D eigenvalue weighted by atomic mass is 16.5. The molecular weight excluding hydrogens is 360 g/mol. The van der Waals surface area contributed by atoms with Crippen molar-refractivity contribution in [1.82, 2.24) is 0 Å². The number of carboxylic acids is 1. The van der Waals surface area contributed by atoms with E-state index in [4.69, 9.17) is 19.0 Å². The Bertz CT molecular complexity index is 1160. The molecule has 0 saturated heterocycles. The summed E-state index contributed by atoms with van der Waals surface area (Å²) in [4.78, 5) is 23.5. The number of rotatable bonds is 5. The van der Waals surface area contributed by atoms with Crippen molar-refractivity contribution < 1.29 is 23.8 Å². The van der Waals surface area contributed by atoms with E-state index >= 15 is 0 Å². The molecule has 1 aromatic heterocycles. The Morgan fingerprint density at radius 2 is 2.04 bits per heavy atom. The molecule has 6 heteroatoms. The highest BCUT2D eigenvalue weighted by Gasteiger charge is 2.24. The Morgan fingerprint density at radius 3 is 2.82 bits per heavy atom. The molecule has 0 unspecified atom stereocenters. The van der Waals surface area contributed by atoms with Gasteiger partial charge in [-0.15, -0.1) is 0 Å². The van der Waals surface area contributed by atoms with Crippen molar-refractivity contribution in [2.45, 2.75) is 12.8 Å². The molecule has 1 heterocycles. The van der Waals surface area contributed by atoms with Crippen LogP contribution in [0.1, 0.15) is 23.3 Å². The summed E-state index contributed by atoms with van der Waals surface area (Å²) in [6.45, 7) is -0.457. The van der Waals surface area contributed by atoms with Crippen LogP contribution in [-0.4, -0.2) is 24.8 Å². The quantitative estimate of drug-likeness (QED) is 0.728. The minimum Gasteiger partial charge on any atom is -0.497 e. The Hall–Kier alpha value is -3.54. The van der Waals surface area contributed by atoms with Gasteiger partial charge in [-0.25, -0.2) is 4.79 Å². The maximum Gasteiger partial charge on any atom is 0.341 e. The number of fused-ring (bicyclic) bond motifs is 2. The Morgan fingerprint density at radius 1 is 1.18 bits per heavy atom. The van der Waals surface area contributed by atoms with E-state index in [-0.39, 0.29) is 5.43 Å². The number of methoxy groups -OCH3 is 1. The molecular formula is C22H18O6. The lowest BCUT2D eigenvalue weighted by Crippen LogP contribution is -2.10. The maximum absolute atomic E-state index is 12.9. The predicted molar refractivity (Wildman–Crippen MR) is 105 cm³/mol. The second-order valence-corrected chi connectivity index (χ2v) is 6.53. The number of ether oxygens (including phenoxy) is 2. The van der Waals surface area contributed by atoms with E-state index < -0.39 is 12.6 Å². The van der Waals surface area contributed by atoms with Crippen LogP contribution in [0.2, 0.25) is 0 Å². The number of carbonyl (C=O) groups is 1. The van der Waals surface area contributed by atoms with Crippen LogP contribution < -0.4 is 14.9 Å². The average Bonchev–Trinajstić information content (AvgIpc) is 3.09. The second kappa shape index (κ2) is 7.23. The molecule has 4 rings (SSSR count). The van der Waals surface area contributed by atoms with E-state index in [1.54, 1.807) is 25.3 Å². The monoisotopic (exact) mass is 378 g/mol. The molecule has 2 aromatic carbocycles. The zero-order valence-electron chi connectivity index (χ0n) is 15.2. The highest BCUT2D eigenvalue weighted by molar-refractivity contribution is 5.87. The lowest BCUT2D eigenvalue weighted by Gasteiger charge is -2.07. The number of aliphatic carboxylic acids is 1. The third-order valence-corrected chi connectivity index (χ3v) is 4.69. The number of benzene rings is 2. The summed E-state index contributed by atoms with van der Waals surface area (Å²) in [6.07, 6.45) is 3.33. The van der Waals surface area contributed by atoms with Crippen LogP contribution in [0.25, 0.3) is 22.6 Å². The normalized spacial score (nSPS) is 14.2. The molecule has 0 radical (unpaired) electrons. The Balaban J connectivity index is 1.77. The third-order valence-electron chi connectivity index (χ3n) is 4.69. The summed E-state index contributed by atoms with van der Waals surface area (Å²) in [5.41, 5.74) is 2.89. The van der Waals surface area contributed by atoms with Gasteiger partial charge in [-0.1, -0.05) is 12.1 Å². The van der Waals surface area contributed by atoms with Gasteiger partial charge in [0.05, 0.1) is 12.5 Å². The first-order chi connectivity index (χ1) is 13.5. The van der Waals surface area contributed by atoms with Gasteiger partial charge in [-0.05, 0) is 54.3 Å². The van der Waals surface area contributed by atoms with E-state index in [0.29, 0.717) is 40.9 Å². The number of hydrogen-bond acceptors (Lipinski definition) is 5. The number of allylic oxidation sites excluding steroid dienone is 1. The van der Waals surface area contributed by atoms with Gasteiger partial charge in [-0.3, -0.25) is 4.79 Å². The topological polar surface area (TPSA) is 86.0 Å². The third kappa shape index (κ3) is 3.36. The van der Waals surface area contributed by atoms with Crippen LogP contribution in [0.15, 0.2) is 51.7 Å². The first kappa shape index (κ1) is 17.9. The van der Waals surface area contributed by atoms with Gasteiger partial charge in [0.25, 0.3) is 0 Å². The van der Waals surface area contributed by atoms with E-state index in [1.807, 2.05) is 30.3 Å². The molecule has 6 nitrogen and oxygen atoms in total. The number of hydrogen-bond donors (Lipinski definition) is 1. The van der Waals surface area contributed by atoms with Crippen LogP contribution in [0.5, 0.6) is 11.5 Å². The lowest BCUT2D eigenvalue weighted by atomic mass is 10.1. The molecule has 0 aliphatic heterocycles. The van der Waals surface area contributed by atoms with E-state index in [2.05, 4.69) is 0 Å². The van der Waals surface area contributed by atoms with E-state index in [9.17, 15) is 9.59 Å². The number of carboxylic acid groups (broad SMARTS) is 1. The summed E-state index contributed by atoms with van der Waals surface area (Å²) < 4.78 is 16.5. The van der Waals surface area contributed by atoms with Crippen LogP contribution in [0, 0.1) is 0 Å². The molecule has 0 fully saturated rings. The summed E-state index contributed by atoms with van der Waals surface area (Å²) in [6, 6.07) is 12.4. The Labute approximate surface area is 160 Å². The van der Waals surface area contributed by atoms with Crippen molar-refractivity contribution >= 4 is 28.6 Å². The molecule has 1 aliphatic rings. The first-order valence-electron chi connectivity index (χ1n) is 8.84. The van der Waals surface area contributed by atoms with Crippen LogP contribution >= 0.6 is 0 Å². The molecule has 1 aliphatic carbocycles. The first-order valence-corrected chi connectivity index (χ1v) is 8.84. The minimum absolute atomic E-state index is 0.0601. The van der Waals surface area contributed by atoms with Crippen molar-refractivity contribution in [3.63, 3.8) is 0 Å². The van der Waals surface area contributed by atoms with Crippen LogP contribution in [0.4, 0.5) is 0 Å². The summed E-state index contributed by atoms with van der Waals surface area (Å²) in [5, 5.41) is 9.22. The smallest absolute Gasteiger partial charge is 0.341 e. The van der Waals surface area contributed by atoms with Gasteiger partial charge in [0.2, 0.25) is 0 Å². The molecule has 1 N–H and O–H groups in total. The average molecular weight is 378 g/mol. The predicted octanol–water partition coefficient (Wildman–Crippen LogP) is 3.75. The van der Waals surface area contributed by atoms with Gasteiger partial charge in [0, 0.05) is 11.6 Å². The fourth-order valence-electron chi connectivity index (χ4n) is 3.38. The lowest BCUT2D eigenvalue weighted by molar-refractivity contribution is -0.139. The van der Waals surface area contributed by atoms with Crippen molar-refractivity contribution in [3.8, 4) is 11.5 Å². The van der Waals surface area contributed by atoms with Gasteiger partial charge < -0.3 is 19.0 Å². The van der Waals surface area contributed by atoms with Gasteiger partial charge in [0.15, 0.2) is 12.0 Å². The zero-order chi connectivity index (χ0) is 19.7. The van der Waals surface area contributed by atoms with Gasteiger partial charge in [0.1, 0.15) is 22.8 Å². The summed E-state index contributed by atoms with van der Waals surface area (Å²) in [5.74, 6) is 0.608. The summed E-state index contributed by atoms with van der Waals surface area (Å²) in [7, 11) is 1.62. The standard InChI is InChI=1S/C22H18O6/c1-26-15-4-2-3-13(10-15)9-14-5-7-18-21(25)17-8-6-16(27-12-20(23)24)11-19(17)28-22(14)18/h2-4,6,8-11H,5,7,12H2,1H3,(H,23,24)/b14-9+. The molecule has 0 bridgehead atoms. The minimum atomic E-state index is -1.07. The highest BCUT2D eigenvalue weighted by Crippen LogP contribution is 2.35. The van der Waals surface area contributed by atoms with Crippen molar-refractivity contribution in [1.29, 1.82) is 0 Å². The fourth-order valence-corrected chi connectivity index (χ4v) is 3.38. The van der Waals surface area contributed by atoms with Gasteiger partial charge >= 0.3 is 5.97 Å². The van der Waals surface area contributed by atoms with Gasteiger partial charge in [-0.2, -0.15) is 0 Å². The van der Waals surface area contributed by atoms with E-state index in [0.717, 1.165) is 16.9 Å². The van der Waals surface area contributed by atoms with Crippen LogP contribution in [0.3, 0.4) is 0 Å². The largest absolute Gasteiger partial charge is 0.497 e. The maximum atomic E-state index is 12.9. The van der Waals surface area contributed by atoms with Crippen molar-refractivity contribution in [2.24, 2.45) is 0 Å². The fraction of sp³-hybridized carbons (Fsp3) is 0.182. The molecule has 3 aromatic rings. The molecule has 0 saturated carbocycles. The van der Waals surface area contributed by atoms with Crippen LogP contribution in [-0.2, 0) is 11.2 Å². The Kier molecular flexibility index (Phi) is 4.61. The molecule has 0 atom stereocenters. The zero-order valence-corrected chi connectivity index (χ0v) is 15.2. The molecule has 0 amide bonds. The molecule has 28 heavy (non-hydrogen) atoms. The summed E-state index contributed by atoms with van der Waals surface area (Å²) >= 11 is 0.